The van der Waals surface area contributed by atoms with Crippen LogP contribution in [0.2, 0.25) is 0 Å². The highest BCUT2D eigenvalue weighted by Gasteiger charge is 2.29. The minimum absolute atomic E-state index is 0.0168. The van der Waals surface area contributed by atoms with Crippen LogP contribution in [0.15, 0.2) is 24.3 Å². The molecule has 2 N–H and O–H groups in total. The third-order valence-corrected chi connectivity index (χ3v) is 4.96. The van der Waals surface area contributed by atoms with Crippen molar-refractivity contribution in [2.24, 2.45) is 5.92 Å². The Kier molecular flexibility index (Phi) is 5.91. The van der Waals surface area contributed by atoms with Gasteiger partial charge in [0, 0.05) is 31.4 Å². The van der Waals surface area contributed by atoms with Gasteiger partial charge in [0.15, 0.2) is 0 Å². The van der Waals surface area contributed by atoms with Crippen molar-refractivity contribution in [1.82, 2.24) is 10.2 Å². The van der Waals surface area contributed by atoms with Crippen LogP contribution >= 0.6 is 0 Å². The summed E-state index contributed by atoms with van der Waals surface area (Å²) >= 11 is 0. The molecular formula is C19H27N3O3. The normalized spacial score (nSPS) is 21.6. The maximum atomic E-state index is 12.5. The fourth-order valence-electron chi connectivity index (χ4n) is 3.43. The lowest BCUT2D eigenvalue weighted by Crippen LogP contribution is -2.49. The number of rotatable bonds is 3. The van der Waals surface area contributed by atoms with Crippen LogP contribution in [-0.4, -0.2) is 49.2 Å². The molecule has 0 radical (unpaired) electrons. The van der Waals surface area contributed by atoms with Gasteiger partial charge in [-0.05, 0) is 44.7 Å². The first-order chi connectivity index (χ1) is 12.1. The fourth-order valence-corrected chi connectivity index (χ4v) is 3.43. The lowest BCUT2D eigenvalue weighted by molar-refractivity contribution is -0.140. The van der Waals surface area contributed by atoms with E-state index in [9.17, 15) is 9.59 Å². The molecule has 25 heavy (non-hydrogen) atoms. The molecule has 0 aliphatic carbocycles. The van der Waals surface area contributed by atoms with Crippen molar-refractivity contribution < 1.29 is 14.3 Å². The van der Waals surface area contributed by atoms with Crippen LogP contribution in [0.4, 0.5) is 10.5 Å². The van der Waals surface area contributed by atoms with Crippen LogP contribution < -0.4 is 10.6 Å². The van der Waals surface area contributed by atoms with Crippen molar-refractivity contribution in [3.63, 3.8) is 0 Å². The SMILES string of the molecule is Cc1ccc(NC(=O)NC2CCN(C(=O)C3CCCOC3)CC2)cc1. The molecule has 0 bridgehead atoms. The van der Waals surface area contributed by atoms with Gasteiger partial charge < -0.3 is 20.3 Å². The molecule has 6 heteroatoms. The Bertz CT molecular complexity index is 588. The number of nitrogens with one attached hydrogen (secondary N) is 2. The molecule has 0 spiro atoms. The molecule has 3 amide bonds. The van der Waals surface area contributed by atoms with Gasteiger partial charge in [-0.15, -0.1) is 0 Å². The smallest absolute Gasteiger partial charge is 0.319 e. The molecule has 1 atom stereocenters. The number of hydrogen-bond donors (Lipinski definition) is 2. The van der Waals surface area contributed by atoms with Gasteiger partial charge in [-0.3, -0.25) is 4.79 Å². The standard InChI is InChI=1S/C19H27N3O3/c1-14-4-6-16(7-5-14)20-19(24)21-17-8-10-22(11-9-17)18(23)15-3-2-12-25-13-15/h4-7,15,17H,2-3,8-13H2,1H3,(H2,20,21,24). The van der Waals surface area contributed by atoms with Gasteiger partial charge in [-0.25, -0.2) is 4.79 Å². The van der Waals surface area contributed by atoms with Crippen molar-refractivity contribution in [2.75, 3.05) is 31.6 Å². The van der Waals surface area contributed by atoms with E-state index in [1.54, 1.807) is 0 Å². The van der Waals surface area contributed by atoms with E-state index in [1.807, 2.05) is 36.1 Å². The molecule has 3 rings (SSSR count). The summed E-state index contributed by atoms with van der Waals surface area (Å²) in [6.07, 6.45) is 3.48. The predicted molar refractivity (Wildman–Crippen MR) is 96.5 cm³/mol. The molecule has 136 valence electrons. The van der Waals surface area contributed by atoms with Crippen molar-refractivity contribution >= 4 is 17.6 Å². The van der Waals surface area contributed by atoms with Gasteiger partial charge in [-0.1, -0.05) is 17.7 Å². The molecule has 2 heterocycles. The Morgan fingerprint density at radius 1 is 1.12 bits per heavy atom. The molecular weight excluding hydrogens is 318 g/mol. The summed E-state index contributed by atoms with van der Waals surface area (Å²) in [6.45, 7) is 4.73. The number of anilines is 1. The lowest BCUT2D eigenvalue weighted by atomic mass is 9.98. The maximum Gasteiger partial charge on any atom is 0.319 e. The number of aryl methyl sites for hydroxylation is 1. The first kappa shape index (κ1) is 17.7. The maximum absolute atomic E-state index is 12.5. The van der Waals surface area contributed by atoms with Gasteiger partial charge >= 0.3 is 6.03 Å². The van der Waals surface area contributed by atoms with Crippen LogP contribution in [0.1, 0.15) is 31.2 Å². The van der Waals surface area contributed by atoms with Crippen molar-refractivity contribution in [2.45, 2.75) is 38.6 Å². The zero-order chi connectivity index (χ0) is 17.6. The average Bonchev–Trinajstić information content (AvgIpc) is 2.64. The number of carbonyl (C=O) groups excluding carboxylic acids is 2. The first-order valence-corrected chi connectivity index (χ1v) is 9.12. The highest BCUT2D eigenvalue weighted by atomic mass is 16.5. The van der Waals surface area contributed by atoms with Gasteiger partial charge in [0.2, 0.25) is 5.91 Å². The zero-order valence-corrected chi connectivity index (χ0v) is 14.8. The van der Waals surface area contributed by atoms with Gasteiger partial charge in [0.05, 0.1) is 12.5 Å². The van der Waals surface area contributed by atoms with Crippen LogP contribution in [0, 0.1) is 12.8 Å². The Morgan fingerprint density at radius 2 is 1.84 bits per heavy atom. The number of amides is 3. The number of nitrogens with zero attached hydrogens (tertiary/aromatic N) is 1. The summed E-state index contributed by atoms with van der Waals surface area (Å²) in [6, 6.07) is 7.64. The van der Waals surface area contributed by atoms with E-state index >= 15 is 0 Å². The number of piperidine rings is 1. The Labute approximate surface area is 148 Å². The number of urea groups is 1. The number of likely N-dealkylation sites (tertiary alicyclic amines) is 1. The molecule has 6 nitrogen and oxygen atoms in total. The van der Waals surface area contributed by atoms with Crippen LogP contribution in [0.5, 0.6) is 0 Å². The molecule has 1 aromatic rings. The quantitative estimate of drug-likeness (QED) is 0.884. The summed E-state index contributed by atoms with van der Waals surface area (Å²) in [5.74, 6) is 0.227. The number of benzene rings is 1. The van der Waals surface area contributed by atoms with Crippen molar-refractivity contribution in [1.29, 1.82) is 0 Å². The average molecular weight is 345 g/mol. The molecule has 2 fully saturated rings. The Hall–Kier alpha value is -2.08. The minimum atomic E-state index is -0.186. The molecule has 1 aromatic carbocycles. The van der Waals surface area contributed by atoms with Gasteiger partial charge in [0.25, 0.3) is 0 Å². The third-order valence-electron chi connectivity index (χ3n) is 4.96. The van der Waals surface area contributed by atoms with E-state index in [2.05, 4.69) is 10.6 Å². The van der Waals surface area contributed by atoms with Crippen LogP contribution in [0.3, 0.4) is 0 Å². The first-order valence-electron chi connectivity index (χ1n) is 9.12. The highest BCUT2D eigenvalue weighted by molar-refractivity contribution is 5.89. The molecule has 2 aliphatic rings. The Morgan fingerprint density at radius 3 is 2.48 bits per heavy atom. The largest absolute Gasteiger partial charge is 0.381 e. The van der Waals surface area contributed by atoms with E-state index in [4.69, 9.17) is 4.74 Å². The van der Waals surface area contributed by atoms with Crippen LogP contribution in [0.25, 0.3) is 0 Å². The lowest BCUT2D eigenvalue weighted by Gasteiger charge is -2.35. The summed E-state index contributed by atoms with van der Waals surface area (Å²) in [4.78, 5) is 26.5. The summed E-state index contributed by atoms with van der Waals surface area (Å²) in [5.41, 5.74) is 1.94. The fraction of sp³-hybridized carbons (Fsp3) is 0.579. The third kappa shape index (κ3) is 4.95. The number of carbonyl (C=O) groups is 2. The Balaban J connectivity index is 1.41. The number of ether oxygens (including phenoxy) is 1. The number of hydrogen-bond acceptors (Lipinski definition) is 3. The minimum Gasteiger partial charge on any atom is -0.381 e. The second-order valence-electron chi connectivity index (χ2n) is 6.98. The summed E-state index contributed by atoms with van der Waals surface area (Å²) in [5, 5.41) is 5.86. The predicted octanol–water partition coefficient (Wildman–Crippen LogP) is 2.53. The van der Waals surface area contributed by atoms with Crippen molar-refractivity contribution in [3.05, 3.63) is 29.8 Å². The molecule has 0 saturated carbocycles. The topological polar surface area (TPSA) is 70.7 Å². The molecule has 2 saturated heterocycles. The monoisotopic (exact) mass is 345 g/mol. The van der Waals surface area contributed by atoms with E-state index in [1.165, 1.54) is 0 Å². The van der Waals surface area contributed by atoms with Gasteiger partial charge in [0.1, 0.15) is 0 Å². The van der Waals surface area contributed by atoms with E-state index < -0.39 is 0 Å². The van der Waals surface area contributed by atoms with Gasteiger partial charge in [-0.2, -0.15) is 0 Å². The summed E-state index contributed by atoms with van der Waals surface area (Å²) < 4.78 is 5.42. The molecule has 1 unspecified atom stereocenters. The second kappa shape index (κ2) is 8.34. The van der Waals surface area contributed by atoms with Crippen LogP contribution in [-0.2, 0) is 9.53 Å². The van der Waals surface area contributed by atoms with E-state index in [-0.39, 0.29) is 23.9 Å². The van der Waals surface area contributed by atoms with E-state index in [0.29, 0.717) is 19.7 Å². The van der Waals surface area contributed by atoms with Crippen molar-refractivity contribution in [3.8, 4) is 0 Å². The zero-order valence-electron chi connectivity index (χ0n) is 14.8. The van der Waals surface area contributed by atoms with E-state index in [0.717, 1.165) is 43.5 Å². The molecule has 2 aliphatic heterocycles. The highest BCUT2D eigenvalue weighted by Crippen LogP contribution is 2.19. The summed E-state index contributed by atoms with van der Waals surface area (Å²) in [7, 11) is 0. The molecule has 0 aromatic heterocycles. The second-order valence-corrected chi connectivity index (χ2v) is 6.98.